The number of unbranched alkanes of at least 4 members (excludes halogenated alkanes) is 3. The van der Waals surface area contributed by atoms with E-state index in [9.17, 15) is 19.8 Å². The highest BCUT2D eigenvalue weighted by Crippen LogP contribution is 2.41. The summed E-state index contributed by atoms with van der Waals surface area (Å²) >= 11 is 0. The first-order valence-corrected chi connectivity index (χ1v) is 14.8. The molecule has 4 aromatic rings. The average Bonchev–Trinajstić information content (AvgIpc) is 3.38. The number of fused-ring (bicyclic) bond motifs is 2. The summed E-state index contributed by atoms with van der Waals surface area (Å²) in [6.07, 6.45) is 4.88. The molecule has 0 radical (unpaired) electrons. The van der Waals surface area contributed by atoms with Gasteiger partial charge >= 0.3 is 0 Å². The van der Waals surface area contributed by atoms with Crippen LogP contribution in [0.15, 0.2) is 56.9 Å². The maximum Gasteiger partial charge on any atom is 0.264 e. The van der Waals surface area contributed by atoms with Gasteiger partial charge in [0.1, 0.15) is 0 Å². The van der Waals surface area contributed by atoms with Crippen LogP contribution in [0.5, 0.6) is 11.8 Å². The fraction of sp³-hybridized carbons (Fsp3) is 0.438. The van der Waals surface area contributed by atoms with E-state index in [-0.39, 0.29) is 24.6 Å². The number of azo groups is 2. The summed E-state index contributed by atoms with van der Waals surface area (Å²) in [6.45, 7) is 9.39. The molecule has 0 aliphatic heterocycles. The Kier molecular flexibility index (Phi) is 10.2. The van der Waals surface area contributed by atoms with Gasteiger partial charge < -0.3 is 19.3 Å². The van der Waals surface area contributed by atoms with Gasteiger partial charge in [-0.05, 0) is 63.8 Å². The molecule has 10 heteroatoms. The van der Waals surface area contributed by atoms with Crippen LogP contribution in [0.3, 0.4) is 0 Å². The van der Waals surface area contributed by atoms with Gasteiger partial charge in [0.25, 0.3) is 11.8 Å². The minimum Gasteiger partial charge on any atom is -0.493 e. The minimum absolute atomic E-state index is 0.00578. The maximum atomic E-state index is 12.4. The number of benzene rings is 2. The zero-order valence-electron chi connectivity index (χ0n) is 24.9. The molecule has 4 rings (SSSR count). The number of carbonyl (C=O) groups is 2. The van der Waals surface area contributed by atoms with E-state index in [4.69, 9.17) is 0 Å². The molecule has 0 atom stereocenters. The topological polar surface area (TPSA) is 134 Å². The lowest BCUT2D eigenvalue weighted by atomic mass is 10.1. The van der Waals surface area contributed by atoms with E-state index >= 15 is 0 Å². The predicted molar refractivity (Wildman–Crippen MR) is 164 cm³/mol. The molecule has 42 heavy (non-hydrogen) atoms. The van der Waals surface area contributed by atoms with Crippen molar-refractivity contribution < 1.29 is 19.8 Å². The maximum absolute atomic E-state index is 12.4. The number of nitrogens with zero attached hydrogens (tertiary/aromatic N) is 6. The number of carbonyl (C=O) groups excluding carboxylic acids is 2. The molecule has 2 aromatic heterocycles. The third kappa shape index (κ3) is 6.92. The van der Waals surface area contributed by atoms with Crippen LogP contribution in [0.2, 0.25) is 0 Å². The standard InChI is InChI=1S/C32H40N6O4/c1-5-7-17-37-25-15-13-21(3)19-23(25)29(31(37)41)35-33-27(39)11-9-10-12-28(40)34-36-30-24-20-22(4)14-16-26(24)38(32(30)42)18-8-6-2/h13-16,19-20,41-42H,5-12,17-18H2,1-4H3. The fourth-order valence-corrected chi connectivity index (χ4v) is 5.02. The van der Waals surface area contributed by atoms with Crippen LogP contribution in [-0.2, 0) is 22.7 Å². The Hall–Kier alpha value is -4.34. The van der Waals surface area contributed by atoms with E-state index in [2.05, 4.69) is 34.3 Å². The molecule has 0 saturated heterocycles. The van der Waals surface area contributed by atoms with E-state index in [1.165, 1.54) is 0 Å². The number of aromatic nitrogens is 2. The molecular formula is C32H40N6O4. The lowest BCUT2D eigenvalue weighted by molar-refractivity contribution is -0.120. The van der Waals surface area contributed by atoms with Crippen molar-refractivity contribution in [2.24, 2.45) is 20.5 Å². The van der Waals surface area contributed by atoms with Crippen molar-refractivity contribution in [1.29, 1.82) is 0 Å². The number of amides is 2. The summed E-state index contributed by atoms with van der Waals surface area (Å²) < 4.78 is 3.61. The highest BCUT2D eigenvalue weighted by Gasteiger charge is 2.18. The zero-order chi connectivity index (χ0) is 30.2. The lowest BCUT2D eigenvalue weighted by Crippen LogP contribution is -1.96. The lowest BCUT2D eigenvalue weighted by Gasteiger charge is -2.05. The first-order chi connectivity index (χ1) is 20.2. The van der Waals surface area contributed by atoms with Gasteiger partial charge in [-0.1, -0.05) is 49.9 Å². The van der Waals surface area contributed by atoms with Crippen LogP contribution in [0.4, 0.5) is 11.4 Å². The van der Waals surface area contributed by atoms with Crippen molar-refractivity contribution in [2.75, 3.05) is 0 Å². The van der Waals surface area contributed by atoms with Gasteiger partial charge in [0.2, 0.25) is 11.8 Å². The highest BCUT2D eigenvalue weighted by molar-refractivity contribution is 5.96. The van der Waals surface area contributed by atoms with Gasteiger partial charge in [-0.25, -0.2) is 0 Å². The smallest absolute Gasteiger partial charge is 0.264 e. The molecular weight excluding hydrogens is 532 g/mol. The summed E-state index contributed by atoms with van der Waals surface area (Å²) in [5, 5.41) is 39.0. The third-order valence-corrected chi connectivity index (χ3v) is 7.36. The van der Waals surface area contributed by atoms with Crippen molar-refractivity contribution in [3.05, 3.63) is 47.5 Å². The molecule has 2 aromatic carbocycles. The van der Waals surface area contributed by atoms with E-state index in [0.717, 1.165) is 58.6 Å². The van der Waals surface area contributed by atoms with Crippen molar-refractivity contribution in [3.8, 4) is 11.8 Å². The molecule has 2 N–H and O–H groups in total. The first-order valence-electron chi connectivity index (χ1n) is 14.8. The summed E-state index contributed by atoms with van der Waals surface area (Å²) in [6, 6.07) is 11.7. The number of rotatable bonds is 13. The highest BCUT2D eigenvalue weighted by atomic mass is 16.3. The van der Waals surface area contributed by atoms with Gasteiger partial charge in [0.05, 0.1) is 11.0 Å². The van der Waals surface area contributed by atoms with E-state index in [0.29, 0.717) is 37.3 Å². The Bertz CT molecular complexity index is 1520. The third-order valence-electron chi connectivity index (χ3n) is 7.36. The first kappa shape index (κ1) is 30.6. The van der Waals surface area contributed by atoms with E-state index < -0.39 is 11.8 Å². The summed E-state index contributed by atoms with van der Waals surface area (Å²) in [4.78, 5) is 24.9. The second kappa shape index (κ2) is 14.0. The van der Waals surface area contributed by atoms with Crippen molar-refractivity contribution in [3.63, 3.8) is 0 Å². The molecule has 0 aliphatic rings. The Labute approximate surface area is 245 Å². The predicted octanol–water partition coefficient (Wildman–Crippen LogP) is 8.71. The van der Waals surface area contributed by atoms with Gasteiger partial charge in [-0.3, -0.25) is 9.59 Å². The fourth-order valence-electron chi connectivity index (χ4n) is 5.02. The molecule has 0 unspecified atom stereocenters. The Morgan fingerprint density at radius 3 is 1.45 bits per heavy atom. The Balaban J connectivity index is 1.34. The summed E-state index contributed by atoms with van der Waals surface area (Å²) in [5.41, 5.74) is 4.34. The Morgan fingerprint density at radius 1 is 0.667 bits per heavy atom. The normalized spacial score (nSPS) is 12.0. The molecule has 2 amide bonds. The number of hydrogen-bond donors (Lipinski definition) is 2. The van der Waals surface area contributed by atoms with Gasteiger partial charge in [-0.2, -0.15) is 0 Å². The van der Waals surface area contributed by atoms with Crippen LogP contribution in [0, 0.1) is 13.8 Å². The monoisotopic (exact) mass is 572 g/mol. The van der Waals surface area contributed by atoms with Crippen LogP contribution in [-0.4, -0.2) is 31.2 Å². The number of aromatic hydroxyl groups is 2. The molecule has 222 valence electrons. The number of aryl methyl sites for hydroxylation is 4. The molecule has 0 bridgehead atoms. The minimum atomic E-state index is -0.425. The van der Waals surface area contributed by atoms with Crippen LogP contribution < -0.4 is 0 Å². The van der Waals surface area contributed by atoms with Gasteiger partial charge in [0.15, 0.2) is 11.4 Å². The van der Waals surface area contributed by atoms with Gasteiger partial charge in [0, 0.05) is 36.7 Å². The van der Waals surface area contributed by atoms with Crippen molar-refractivity contribution in [2.45, 2.75) is 92.2 Å². The molecule has 0 spiro atoms. The summed E-state index contributed by atoms with van der Waals surface area (Å²) in [5.74, 6) is -0.839. The van der Waals surface area contributed by atoms with Crippen LogP contribution in [0.25, 0.3) is 21.8 Å². The van der Waals surface area contributed by atoms with Gasteiger partial charge in [-0.15, -0.1) is 20.5 Å². The molecule has 0 aliphatic carbocycles. The molecule has 10 nitrogen and oxygen atoms in total. The van der Waals surface area contributed by atoms with E-state index in [1.54, 1.807) is 9.13 Å². The SMILES string of the molecule is CCCCn1c(O)c(N=NC(=O)CCCCC(=O)N=Nc2c(O)n(CCCC)c3ccc(C)cc23)c2cc(C)ccc21. The molecule has 2 heterocycles. The van der Waals surface area contributed by atoms with E-state index in [1.807, 2.05) is 50.2 Å². The van der Waals surface area contributed by atoms with Crippen LogP contribution in [0.1, 0.15) is 76.3 Å². The molecule has 0 saturated carbocycles. The van der Waals surface area contributed by atoms with Crippen molar-refractivity contribution in [1.82, 2.24) is 9.13 Å². The second-order valence-corrected chi connectivity index (χ2v) is 10.8. The Morgan fingerprint density at radius 2 is 1.07 bits per heavy atom. The average molecular weight is 573 g/mol. The van der Waals surface area contributed by atoms with Crippen molar-refractivity contribution >= 4 is 45.0 Å². The second-order valence-electron chi connectivity index (χ2n) is 10.8. The zero-order valence-corrected chi connectivity index (χ0v) is 24.9. The number of hydrogen-bond acceptors (Lipinski definition) is 6. The molecule has 0 fully saturated rings. The summed E-state index contributed by atoms with van der Waals surface area (Å²) in [7, 11) is 0. The largest absolute Gasteiger partial charge is 0.493 e. The quantitative estimate of drug-likeness (QED) is 0.122. The van der Waals surface area contributed by atoms with Crippen LogP contribution >= 0.6 is 0 Å².